The van der Waals surface area contributed by atoms with Crippen molar-refractivity contribution in [2.45, 2.75) is 38.5 Å². The lowest BCUT2D eigenvalue weighted by molar-refractivity contribution is -0.151. The Morgan fingerprint density at radius 3 is 2.64 bits per heavy atom. The Kier molecular flexibility index (Phi) is 5.82. The predicted molar refractivity (Wildman–Crippen MR) is 114 cm³/mol. The number of ether oxygens (including phenoxy) is 1. The van der Waals surface area contributed by atoms with E-state index < -0.39 is 5.60 Å². The minimum absolute atomic E-state index is 0.0433. The highest BCUT2D eigenvalue weighted by molar-refractivity contribution is 7.99. The Labute approximate surface area is 172 Å². The van der Waals surface area contributed by atoms with Crippen molar-refractivity contribution in [1.82, 2.24) is 9.55 Å². The van der Waals surface area contributed by atoms with E-state index in [0.29, 0.717) is 26.8 Å². The van der Waals surface area contributed by atoms with Crippen molar-refractivity contribution in [3.8, 4) is 5.69 Å². The molecule has 0 amide bonds. The number of thioether (sulfide) groups is 1. The van der Waals surface area contributed by atoms with Crippen LogP contribution >= 0.6 is 23.4 Å². The van der Waals surface area contributed by atoms with E-state index in [-0.39, 0.29) is 17.3 Å². The molecule has 0 fully saturated rings. The first-order valence-corrected chi connectivity index (χ1v) is 10.1. The van der Waals surface area contributed by atoms with Crippen LogP contribution in [0, 0.1) is 6.92 Å². The van der Waals surface area contributed by atoms with Crippen LogP contribution in [0.3, 0.4) is 0 Å². The summed E-state index contributed by atoms with van der Waals surface area (Å²) in [6, 6.07) is 12.6. The molecule has 0 saturated heterocycles. The maximum atomic E-state index is 13.2. The van der Waals surface area contributed by atoms with Crippen molar-refractivity contribution >= 4 is 40.2 Å². The van der Waals surface area contributed by atoms with Crippen molar-refractivity contribution in [3.63, 3.8) is 0 Å². The number of fused-ring (bicyclic) bond motifs is 1. The molecule has 0 saturated carbocycles. The van der Waals surface area contributed by atoms with Crippen LogP contribution in [0.2, 0.25) is 5.02 Å². The monoisotopic (exact) mass is 416 g/mol. The molecule has 7 heteroatoms. The van der Waals surface area contributed by atoms with Crippen molar-refractivity contribution < 1.29 is 9.53 Å². The zero-order valence-corrected chi connectivity index (χ0v) is 17.7. The third kappa shape index (κ3) is 4.75. The second-order valence-electron chi connectivity index (χ2n) is 7.41. The number of rotatable bonds is 4. The van der Waals surface area contributed by atoms with Crippen molar-refractivity contribution in [2.24, 2.45) is 0 Å². The van der Waals surface area contributed by atoms with Crippen molar-refractivity contribution in [1.29, 1.82) is 0 Å². The fraction of sp³-hybridized carbons (Fsp3) is 0.286. The molecule has 0 aliphatic carbocycles. The highest BCUT2D eigenvalue weighted by Gasteiger charge is 2.19. The summed E-state index contributed by atoms with van der Waals surface area (Å²) in [5.74, 6) is -0.324. The first-order valence-electron chi connectivity index (χ1n) is 8.78. The zero-order chi connectivity index (χ0) is 20.5. The summed E-state index contributed by atoms with van der Waals surface area (Å²) in [6.07, 6.45) is 0. The predicted octanol–water partition coefficient (Wildman–Crippen LogP) is 4.78. The van der Waals surface area contributed by atoms with Gasteiger partial charge in [-0.1, -0.05) is 35.5 Å². The van der Waals surface area contributed by atoms with Crippen LogP contribution in [-0.4, -0.2) is 26.9 Å². The van der Waals surface area contributed by atoms with Gasteiger partial charge in [0.1, 0.15) is 5.60 Å². The number of esters is 1. The summed E-state index contributed by atoms with van der Waals surface area (Å²) in [4.78, 5) is 30.0. The van der Waals surface area contributed by atoms with Crippen LogP contribution in [0.1, 0.15) is 26.3 Å². The van der Waals surface area contributed by atoms with Crippen molar-refractivity contribution in [3.05, 3.63) is 63.4 Å². The molecule has 146 valence electrons. The van der Waals surface area contributed by atoms with Crippen LogP contribution in [0.25, 0.3) is 16.6 Å². The Balaban J connectivity index is 2.09. The number of carbonyl (C=O) groups excluding carboxylic acids is 1. The Morgan fingerprint density at radius 2 is 1.96 bits per heavy atom. The minimum atomic E-state index is -0.571. The number of aryl methyl sites for hydroxylation is 1. The van der Waals surface area contributed by atoms with E-state index in [9.17, 15) is 9.59 Å². The summed E-state index contributed by atoms with van der Waals surface area (Å²) >= 11 is 7.24. The summed E-state index contributed by atoms with van der Waals surface area (Å²) < 4.78 is 6.89. The zero-order valence-electron chi connectivity index (χ0n) is 16.2. The van der Waals surface area contributed by atoms with Gasteiger partial charge in [0, 0.05) is 5.02 Å². The molecule has 2 aromatic carbocycles. The van der Waals surface area contributed by atoms with E-state index in [0.717, 1.165) is 5.56 Å². The van der Waals surface area contributed by atoms with Gasteiger partial charge in [-0.3, -0.25) is 14.2 Å². The first-order chi connectivity index (χ1) is 13.1. The molecule has 1 heterocycles. The smallest absolute Gasteiger partial charge is 0.316 e. The van der Waals surface area contributed by atoms with Gasteiger partial charge in [0.25, 0.3) is 5.56 Å². The molecule has 0 spiro atoms. The molecule has 0 atom stereocenters. The SMILES string of the molecule is Cc1cccc(-n2c(SCC(=O)OC(C)(C)C)nc3cc(Cl)ccc3c2=O)c1. The molecule has 0 radical (unpaired) electrons. The van der Waals surface area contributed by atoms with Gasteiger partial charge < -0.3 is 4.74 Å². The molecule has 0 aliphatic rings. The molecule has 5 nitrogen and oxygen atoms in total. The number of nitrogens with zero attached hydrogens (tertiary/aromatic N) is 2. The molecular weight excluding hydrogens is 396 g/mol. The number of halogens is 1. The van der Waals surface area contributed by atoms with Gasteiger partial charge in [0.2, 0.25) is 0 Å². The van der Waals surface area contributed by atoms with Gasteiger partial charge in [-0.15, -0.1) is 0 Å². The molecule has 3 aromatic rings. The lowest BCUT2D eigenvalue weighted by Gasteiger charge is -2.19. The normalized spacial score (nSPS) is 11.6. The van der Waals surface area contributed by atoms with Crippen molar-refractivity contribution in [2.75, 3.05) is 5.75 Å². The molecule has 1 aromatic heterocycles. The Hall–Kier alpha value is -2.31. The number of benzene rings is 2. The maximum Gasteiger partial charge on any atom is 0.316 e. The topological polar surface area (TPSA) is 61.2 Å². The maximum absolute atomic E-state index is 13.2. The largest absolute Gasteiger partial charge is 0.459 e. The minimum Gasteiger partial charge on any atom is -0.459 e. The van der Waals surface area contributed by atoms with Crippen LogP contribution in [0.5, 0.6) is 0 Å². The standard InChI is InChI=1S/C21H21ClN2O3S/c1-13-6-5-7-15(10-13)24-19(26)16-9-8-14(22)11-17(16)23-20(24)28-12-18(25)27-21(2,3)4/h5-11H,12H2,1-4H3. The number of hydrogen-bond donors (Lipinski definition) is 0. The van der Waals surface area contributed by atoms with Crippen LogP contribution in [-0.2, 0) is 9.53 Å². The Morgan fingerprint density at radius 1 is 1.21 bits per heavy atom. The molecule has 0 aliphatic heterocycles. The molecule has 0 N–H and O–H groups in total. The van der Waals surface area contributed by atoms with Gasteiger partial charge in [0.15, 0.2) is 5.16 Å². The van der Waals surface area contributed by atoms with Gasteiger partial charge >= 0.3 is 5.97 Å². The number of hydrogen-bond acceptors (Lipinski definition) is 5. The molecule has 28 heavy (non-hydrogen) atoms. The van der Waals surface area contributed by atoms with E-state index in [1.807, 2.05) is 52.0 Å². The van der Waals surface area contributed by atoms with Gasteiger partial charge in [-0.25, -0.2) is 4.98 Å². The average Bonchev–Trinajstić information content (AvgIpc) is 2.58. The van der Waals surface area contributed by atoms with E-state index >= 15 is 0 Å². The fourth-order valence-electron chi connectivity index (χ4n) is 2.72. The van der Waals surface area contributed by atoms with Gasteiger partial charge in [0.05, 0.1) is 22.3 Å². The van der Waals surface area contributed by atoms with E-state index in [4.69, 9.17) is 16.3 Å². The number of aromatic nitrogens is 2. The Bertz CT molecular complexity index is 1100. The van der Waals surface area contributed by atoms with E-state index in [1.165, 1.54) is 16.3 Å². The van der Waals surface area contributed by atoms with Gasteiger partial charge in [-0.05, 0) is 63.6 Å². The summed E-state index contributed by atoms with van der Waals surface area (Å²) in [5, 5.41) is 1.37. The summed E-state index contributed by atoms with van der Waals surface area (Å²) in [5.41, 5.74) is 1.43. The van der Waals surface area contributed by atoms with E-state index in [2.05, 4.69) is 4.98 Å². The van der Waals surface area contributed by atoms with Crippen LogP contribution in [0.15, 0.2) is 52.4 Å². The van der Waals surface area contributed by atoms with Crippen LogP contribution < -0.4 is 5.56 Å². The first kappa shape index (κ1) is 20.4. The highest BCUT2D eigenvalue weighted by atomic mass is 35.5. The third-order valence-corrected chi connectivity index (χ3v) is 4.95. The molecule has 0 unspecified atom stereocenters. The van der Waals surface area contributed by atoms with E-state index in [1.54, 1.807) is 18.2 Å². The summed E-state index contributed by atoms with van der Waals surface area (Å²) in [7, 11) is 0. The second kappa shape index (κ2) is 7.97. The molecular formula is C21H21ClN2O3S. The second-order valence-corrected chi connectivity index (χ2v) is 8.79. The van der Waals surface area contributed by atoms with Gasteiger partial charge in [-0.2, -0.15) is 0 Å². The third-order valence-electron chi connectivity index (χ3n) is 3.80. The van der Waals surface area contributed by atoms with Crippen LogP contribution in [0.4, 0.5) is 0 Å². The highest BCUT2D eigenvalue weighted by Crippen LogP contribution is 2.24. The average molecular weight is 417 g/mol. The molecule has 3 rings (SSSR count). The number of carbonyl (C=O) groups is 1. The molecule has 0 bridgehead atoms. The quantitative estimate of drug-likeness (QED) is 0.348. The lowest BCUT2D eigenvalue weighted by Crippen LogP contribution is -2.26. The fourth-order valence-corrected chi connectivity index (χ4v) is 3.68. The summed E-state index contributed by atoms with van der Waals surface area (Å²) in [6.45, 7) is 7.40. The lowest BCUT2D eigenvalue weighted by atomic mass is 10.2.